The summed E-state index contributed by atoms with van der Waals surface area (Å²) in [6, 6.07) is 3.71. The van der Waals surface area contributed by atoms with Gasteiger partial charge in [0.25, 0.3) is 0 Å². The summed E-state index contributed by atoms with van der Waals surface area (Å²) in [6.45, 7) is 3.82. The summed E-state index contributed by atoms with van der Waals surface area (Å²) in [5.74, 6) is 0.988. The zero-order valence-electron chi connectivity index (χ0n) is 9.64. The molecule has 2 aromatic rings. The predicted octanol–water partition coefficient (Wildman–Crippen LogP) is 2.17. The molecule has 0 fully saturated rings. The lowest BCUT2D eigenvalue weighted by molar-refractivity contribution is 0.348. The van der Waals surface area contributed by atoms with Gasteiger partial charge in [-0.3, -0.25) is 4.98 Å². The molecule has 0 bridgehead atoms. The van der Waals surface area contributed by atoms with Gasteiger partial charge >= 0.3 is 0 Å². The third-order valence-electron chi connectivity index (χ3n) is 2.05. The second-order valence-corrected chi connectivity index (χ2v) is 5.37. The molecule has 0 aliphatic heterocycles. The minimum atomic E-state index is -0.370. The van der Waals surface area contributed by atoms with Crippen molar-refractivity contribution >= 4 is 15.9 Å². The van der Waals surface area contributed by atoms with E-state index in [0.717, 1.165) is 4.47 Å². The molecule has 2 rings (SSSR count). The van der Waals surface area contributed by atoms with E-state index in [1.807, 2.05) is 26.0 Å². The van der Waals surface area contributed by atoms with E-state index in [-0.39, 0.29) is 5.54 Å². The fourth-order valence-corrected chi connectivity index (χ4v) is 1.80. The highest BCUT2D eigenvalue weighted by Crippen LogP contribution is 2.23. The molecule has 90 valence electrons. The minimum absolute atomic E-state index is 0.370. The van der Waals surface area contributed by atoms with Crippen LogP contribution in [0.5, 0.6) is 0 Å². The Kier molecular flexibility index (Phi) is 3.26. The molecule has 0 saturated heterocycles. The van der Waals surface area contributed by atoms with E-state index in [1.54, 1.807) is 6.20 Å². The maximum absolute atomic E-state index is 5.89. The summed E-state index contributed by atoms with van der Waals surface area (Å²) in [4.78, 5) is 8.47. The van der Waals surface area contributed by atoms with Crippen molar-refractivity contribution in [2.24, 2.45) is 5.73 Å². The van der Waals surface area contributed by atoms with E-state index < -0.39 is 0 Å². The summed E-state index contributed by atoms with van der Waals surface area (Å²) in [5, 5.41) is 3.90. The maximum Gasteiger partial charge on any atom is 0.228 e. The molecule has 2 aromatic heterocycles. The second-order valence-electron chi connectivity index (χ2n) is 4.51. The Hall–Kier alpha value is -1.27. The third kappa shape index (κ3) is 3.10. The van der Waals surface area contributed by atoms with E-state index in [1.165, 1.54) is 0 Å². The standard InChI is InChI=1S/C11H13BrN4O/c1-11(2,13)6-8-15-10(16-17-8)9-7(12)4-3-5-14-9/h3-5H,6,13H2,1-2H3. The van der Waals surface area contributed by atoms with Crippen molar-refractivity contribution in [3.63, 3.8) is 0 Å². The molecule has 0 amide bonds. The van der Waals surface area contributed by atoms with Crippen LogP contribution in [0, 0.1) is 0 Å². The molecule has 0 saturated carbocycles. The molecule has 0 unspecified atom stereocenters. The molecular weight excluding hydrogens is 284 g/mol. The molecule has 0 aliphatic rings. The van der Waals surface area contributed by atoms with Crippen LogP contribution >= 0.6 is 15.9 Å². The average molecular weight is 297 g/mol. The molecule has 0 aliphatic carbocycles. The van der Waals surface area contributed by atoms with Crippen LogP contribution in [0.25, 0.3) is 11.5 Å². The van der Waals surface area contributed by atoms with Gasteiger partial charge in [-0.15, -0.1) is 0 Å². The van der Waals surface area contributed by atoms with Crippen LogP contribution in [0.3, 0.4) is 0 Å². The molecule has 2 N–H and O–H groups in total. The van der Waals surface area contributed by atoms with Crippen LogP contribution < -0.4 is 5.73 Å². The van der Waals surface area contributed by atoms with Gasteiger partial charge in [0.1, 0.15) is 5.69 Å². The Bertz CT molecular complexity index is 518. The number of nitrogens with zero attached hydrogens (tertiary/aromatic N) is 3. The van der Waals surface area contributed by atoms with E-state index in [4.69, 9.17) is 10.3 Å². The topological polar surface area (TPSA) is 77.8 Å². The van der Waals surface area contributed by atoms with Crippen LogP contribution in [0.4, 0.5) is 0 Å². The largest absolute Gasteiger partial charge is 0.339 e. The van der Waals surface area contributed by atoms with Crippen LogP contribution in [0.2, 0.25) is 0 Å². The van der Waals surface area contributed by atoms with Gasteiger partial charge < -0.3 is 10.3 Å². The van der Waals surface area contributed by atoms with Crippen LogP contribution in [-0.4, -0.2) is 20.7 Å². The molecule has 2 heterocycles. The Balaban J connectivity index is 2.28. The van der Waals surface area contributed by atoms with Gasteiger partial charge in [0, 0.05) is 22.6 Å². The van der Waals surface area contributed by atoms with Crippen molar-refractivity contribution in [2.75, 3.05) is 0 Å². The predicted molar refractivity (Wildman–Crippen MR) is 67.2 cm³/mol. The Morgan fingerprint density at radius 1 is 1.47 bits per heavy atom. The number of hydrogen-bond acceptors (Lipinski definition) is 5. The molecule has 6 heteroatoms. The first-order chi connectivity index (χ1) is 7.96. The molecule has 0 spiro atoms. The van der Waals surface area contributed by atoms with E-state index in [0.29, 0.717) is 23.8 Å². The fourth-order valence-electron chi connectivity index (χ4n) is 1.36. The fraction of sp³-hybridized carbons (Fsp3) is 0.364. The van der Waals surface area contributed by atoms with Crippen molar-refractivity contribution in [2.45, 2.75) is 25.8 Å². The molecule has 17 heavy (non-hydrogen) atoms. The minimum Gasteiger partial charge on any atom is -0.339 e. The highest BCUT2D eigenvalue weighted by Gasteiger charge is 2.18. The monoisotopic (exact) mass is 296 g/mol. The summed E-state index contributed by atoms with van der Waals surface area (Å²) < 4.78 is 5.98. The van der Waals surface area contributed by atoms with E-state index in [9.17, 15) is 0 Å². The SMILES string of the molecule is CC(C)(N)Cc1nc(-c2ncccc2Br)no1. The van der Waals surface area contributed by atoms with Gasteiger partial charge in [0.15, 0.2) is 0 Å². The highest BCUT2D eigenvalue weighted by atomic mass is 79.9. The van der Waals surface area contributed by atoms with Gasteiger partial charge in [-0.1, -0.05) is 5.16 Å². The van der Waals surface area contributed by atoms with Crippen molar-refractivity contribution in [1.29, 1.82) is 0 Å². The lowest BCUT2D eigenvalue weighted by atomic mass is 10.0. The summed E-state index contributed by atoms with van der Waals surface area (Å²) >= 11 is 3.39. The zero-order valence-corrected chi connectivity index (χ0v) is 11.2. The second kappa shape index (κ2) is 4.54. The molecule has 0 radical (unpaired) electrons. The molecule has 0 atom stereocenters. The van der Waals surface area contributed by atoms with Crippen molar-refractivity contribution < 1.29 is 4.52 Å². The number of hydrogen-bond donors (Lipinski definition) is 1. The first kappa shape index (κ1) is 12.2. The van der Waals surface area contributed by atoms with Crippen molar-refractivity contribution in [3.8, 4) is 11.5 Å². The van der Waals surface area contributed by atoms with Gasteiger partial charge in [-0.25, -0.2) is 0 Å². The lowest BCUT2D eigenvalue weighted by Gasteiger charge is -2.14. The molecule has 5 nitrogen and oxygen atoms in total. The molecule has 0 aromatic carbocycles. The lowest BCUT2D eigenvalue weighted by Crippen LogP contribution is -2.34. The number of halogens is 1. The van der Waals surface area contributed by atoms with Crippen molar-refractivity contribution in [3.05, 3.63) is 28.7 Å². The van der Waals surface area contributed by atoms with Crippen LogP contribution in [0.1, 0.15) is 19.7 Å². The Morgan fingerprint density at radius 3 is 2.88 bits per heavy atom. The normalized spacial score (nSPS) is 11.8. The highest BCUT2D eigenvalue weighted by molar-refractivity contribution is 9.10. The average Bonchev–Trinajstić information content (AvgIpc) is 2.64. The van der Waals surface area contributed by atoms with Gasteiger partial charge in [-0.05, 0) is 41.9 Å². The van der Waals surface area contributed by atoms with Gasteiger partial charge in [-0.2, -0.15) is 4.98 Å². The zero-order chi connectivity index (χ0) is 12.5. The Labute approximate surface area is 108 Å². The smallest absolute Gasteiger partial charge is 0.228 e. The van der Waals surface area contributed by atoms with Crippen molar-refractivity contribution in [1.82, 2.24) is 15.1 Å². The van der Waals surface area contributed by atoms with E-state index >= 15 is 0 Å². The number of rotatable bonds is 3. The van der Waals surface area contributed by atoms with E-state index in [2.05, 4.69) is 31.1 Å². The van der Waals surface area contributed by atoms with Crippen LogP contribution in [0.15, 0.2) is 27.3 Å². The number of pyridine rings is 1. The first-order valence-corrected chi connectivity index (χ1v) is 5.97. The molecular formula is C11H13BrN4O. The quantitative estimate of drug-likeness (QED) is 0.939. The van der Waals surface area contributed by atoms with Crippen LogP contribution in [-0.2, 0) is 6.42 Å². The number of aromatic nitrogens is 3. The Morgan fingerprint density at radius 2 is 2.24 bits per heavy atom. The van der Waals surface area contributed by atoms with Gasteiger partial charge in [0.2, 0.25) is 11.7 Å². The van der Waals surface area contributed by atoms with Gasteiger partial charge in [0.05, 0.1) is 0 Å². The summed E-state index contributed by atoms with van der Waals surface area (Å²) in [7, 11) is 0. The third-order valence-corrected chi connectivity index (χ3v) is 2.69. The number of nitrogens with two attached hydrogens (primary N) is 1. The summed E-state index contributed by atoms with van der Waals surface area (Å²) in [6.07, 6.45) is 2.22. The first-order valence-electron chi connectivity index (χ1n) is 5.18. The summed E-state index contributed by atoms with van der Waals surface area (Å²) in [5.41, 5.74) is 6.19. The maximum atomic E-state index is 5.89.